The Labute approximate surface area is 91.2 Å². The van der Waals surface area contributed by atoms with E-state index in [2.05, 4.69) is 4.98 Å². The summed E-state index contributed by atoms with van der Waals surface area (Å²) in [5.41, 5.74) is -0.311. The molecule has 0 aliphatic heterocycles. The molecule has 0 radical (unpaired) electrons. The van der Waals surface area contributed by atoms with E-state index in [0.717, 1.165) is 6.20 Å². The van der Waals surface area contributed by atoms with Crippen molar-refractivity contribution in [1.82, 2.24) is 4.98 Å². The first-order valence-corrected chi connectivity index (χ1v) is 4.51. The van der Waals surface area contributed by atoms with Crippen LogP contribution >= 0.6 is 0 Å². The molecule has 0 aliphatic carbocycles. The summed E-state index contributed by atoms with van der Waals surface area (Å²) < 4.78 is 9.92. The zero-order chi connectivity index (χ0) is 12.0. The van der Waals surface area contributed by atoms with Gasteiger partial charge in [0.25, 0.3) is 6.29 Å². The fourth-order valence-electron chi connectivity index (χ4n) is 1.00. The van der Waals surface area contributed by atoms with Gasteiger partial charge in [0.2, 0.25) is 5.75 Å². The van der Waals surface area contributed by atoms with Crippen LogP contribution in [0.15, 0.2) is 18.5 Å². The number of rotatable bonds is 6. The zero-order valence-electron chi connectivity index (χ0n) is 8.53. The maximum Gasteiger partial charge on any atom is 0.329 e. The molecule has 1 aromatic heterocycles. The van der Waals surface area contributed by atoms with E-state index in [-0.39, 0.29) is 18.0 Å². The lowest BCUT2D eigenvalue weighted by atomic mass is 10.4. The van der Waals surface area contributed by atoms with Gasteiger partial charge in [0.05, 0.1) is 4.92 Å². The van der Waals surface area contributed by atoms with E-state index < -0.39 is 11.2 Å². The van der Waals surface area contributed by atoms with Gasteiger partial charge in [-0.25, -0.2) is 0 Å². The molecule has 1 heterocycles. The number of carbonyl (C=O) groups is 1. The molecule has 1 rings (SSSR count). The average Bonchev–Trinajstić information content (AvgIpc) is 2.29. The van der Waals surface area contributed by atoms with Crippen molar-refractivity contribution in [3.63, 3.8) is 0 Å². The predicted molar refractivity (Wildman–Crippen MR) is 53.0 cm³/mol. The lowest BCUT2D eigenvalue weighted by molar-refractivity contribution is -0.386. The van der Waals surface area contributed by atoms with Gasteiger partial charge in [-0.15, -0.1) is 0 Å². The van der Waals surface area contributed by atoms with E-state index >= 15 is 0 Å². The third kappa shape index (κ3) is 2.99. The monoisotopic (exact) mass is 226 g/mol. The van der Waals surface area contributed by atoms with Gasteiger partial charge in [0, 0.05) is 18.9 Å². The molecule has 1 unspecified atom stereocenters. The van der Waals surface area contributed by atoms with Gasteiger partial charge in [-0.1, -0.05) is 0 Å². The molecule has 0 saturated heterocycles. The summed E-state index contributed by atoms with van der Waals surface area (Å²) in [4.78, 5) is 24.1. The lowest BCUT2D eigenvalue weighted by Gasteiger charge is -2.12. The van der Waals surface area contributed by atoms with Crippen LogP contribution in [0.1, 0.15) is 6.92 Å². The third-order valence-corrected chi connectivity index (χ3v) is 1.64. The fourth-order valence-corrected chi connectivity index (χ4v) is 1.00. The summed E-state index contributed by atoms with van der Waals surface area (Å²) in [6.07, 6.45) is 1.65. The Hall–Kier alpha value is -2.02. The first kappa shape index (κ1) is 12.1. The second-order valence-electron chi connectivity index (χ2n) is 2.68. The summed E-state index contributed by atoms with van der Waals surface area (Å²) >= 11 is 0. The number of aromatic nitrogens is 1. The van der Waals surface area contributed by atoms with Crippen LogP contribution < -0.4 is 4.74 Å². The highest BCUT2D eigenvalue weighted by molar-refractivity contribution is 5.55. The number of aldehydes is 1. The van der Waals surface area contributed by atoms with Gasteiger partial charge >= 0.3 is 5.69 Å². The number of pyridine rings is 1. The highest BCUT2D eigenvalue weighted by Crippen LogP contribution is 2.25. The van der Waals surface area contributed by atoms with E-state index in [9.17, 15) is 14.9 Å². The Morgan fingerprint density at radius 1 is 1.69 bits per heavy atom. The third-order valence-electron chi connectivity index (χ3n) is 1.64. The normalized spacial score (nSPS) is 11.8. The smallest absolute Gasteiger partial charge is 0.329 e. The van der Waals surface area contributed by atoms with Gasteiger partial charge < -0.3 is 9.47 Å². The largest absolute Gasteiger partial charge is 0.450 e. The van der Waals surface area contributed by atoms with Gasteiger partial charge in [0.15, 0.2) is 6.29 Å². The Bertz CT molecular complexity index is 382. The molecule has 7 heteroatoms. The molecule has 16 heavy (non-hydrogen) atoms. The molecule has 7 nitrogen and oxygen atoms in total. The molecule has 0 aliphatic rings. The maximum atomic E-state index is 10.6. The highest BCUT2D eigenvalue weighted by atomic mass is 16.7. The summed E-state index contributed by atoms with van der Waals surface area (Å²) in [5, 5.41) is 10.6. The van der Waals surface area contributed by atoms with Crippen LogP contribution in [0.2, 0.25) is 0 Å². The van der Waals surface area contributed by atoms with Crippen molar-refractivity contribution in [2.24, 2.45) is 0 Å². The number of hydrogen-bond acceptors (Lipinski definition) is 6. The Morgan fingerprint density at radius 2 is 2.44 bits per heavy atom. The highest BCUT2D eigenvalue weighted by Gasteiger charge is 2.18. The van der Waals surface area contributed by atoms with Crippen LogP contribution in [0.3, 0.4) is 0 Å². The molecule has 0 fully saturated rings. The van der Waals surface area contributed by atoms with Crippen LogP contribution in [0, 0.1) is 10.1 Å². The minimum atomic E-state index is -1.15. The number of hydrogen-bond donors (Lipinski definition) is 0. The lowest BCUT2D eigenvalue weighted by Crippen LogP contribution is -2.22. The minimum absolute atomic E-state index is 0.0504. The van der Waals surface area contributed by atoms with E-state index in [0.29, 0.717) is 6.29 Å². The van der Waals surface area contributed by atoms with Gasteiger partial charge in [-0.2, -0.15) is 0 Å². The van der Waals surface area contributed by atoms with Crippen molar-refractivity contribution in [2.75, 3.05) is 6.61 Å². The zero-order valence-corrected chi connectivity index (χ0v) is 8.53. The first-order chi connectivity index (χ1) is 7.69. The SMILES string of the molecule is CCOC(C=O)Oc1ccncc1[N+](=O)[O-]. The van der Waals surface area contributed by atoms with Crippen molar-refractivity contribution < 1.29 is 19.2 Å². The van der Waals surface area contributed by atoms with E-state index in [1.807, 2.05) is 0 Å². The van der Waals surface area contributed by atoms with E-state index in [1.165, 1.54) is 12.3 Å². The topological polar surface area (TPSA) is 91.6 Å². The van der Waals surface area contributed by atoms with E-state index in [1.54, 1.807) is 6.92 Å². The molecular formula is C9H10N2O5. The summed E-state index contributed by atoms with van der Waals surface area (Å²) in [7, 11) is 0. The van der Waals surface area contributed by atoms with Crippen molar-refractivity contribution >= 4 is 12.0 Å². The van der Waals surface area contributed by atoms with E-state index in [4.69, 9.17) is 9.47 Å². The second-order valence-corrected chi connectivity index (χ2v) is 2.68. The van der Waals surface area contributed by atoms with Crippen LogP contribution in [0.5, 0.6) is 5.75 Å². The molecular weight excluding hydrogens is 216 g/mol. The number of ether oxygens (including phenoxy) is 2. The Balaban J connectivity index is 2.86. The number of nitro groups is 1. The Morgan fingerprint density at radius 3 is 3.00 bits per heavy atom. The predicted octanol–water partition coefficient (Wildman–Crippen LogP) is 0.930. The molecule has 0 bridgehead atoms. The maximum absolute atomic E-state index is 10.6. The van der Waals surface area contributed by atoms with Crippen LogP contribution in [0.25, 0.3) is 0 Å². The molecule has 0 saturated carbocycles. The molecule has 0 N–H and O–H groups in total. The molecule has 0 amide bonds. The summed E-state index contributed by atoms with van der Waals surface area (Å²) in [6, 6.07) is 1.30. The quantitative estimate of drug-likeness (QED) is 0.310. The Kier molecular flexibility index (Phi) is 4.34. The van der Waals surface area contributed by atoms with Crippen molar-refractivity contribution in [2.45, 2.75) is 13.2 Å². The summed E-state index contributed by atoms with van der Waals surface area (Å²) in [6.45, 7) is 1.95. The second kappa shape index (κ2) is 5.76. The molecule has 0 aromatic carbocycles. The summed E-state index contributed by atoms with van der Waals surface area (Å²) in [5.74, 6) is -0.0504. The van der Waals surface area contributed by atoms with Crippen molar-refractivity contribution in [3.05, 3.63) is 28.6 Å². The van der Waals surface area contributed by atoms with Crippen LogP contribution in [0.4, 0.5) is 5.69 Å². The average molecular weight is 226 g/mol. The van der Waals surface area contributed by atoms with Crippen molar-refractivity contribution in [3.8, 4) is 5.75 Å². The molecule has 1 aromatic rings. The first-order valence-electron chi connectivity index (χ1n) is 4.51. The minimum Gasteiger partial charge on any atom is -0.450 e. The van der Waals surface area contributed by atoms with Crippen LogP contribution in [-0.2, 0) is 9.53 Å². The standard InChI is InChI=1S/C9H10N2O5/c1-2-15-9(6-12)16-8-3-4-10-5-7(8)11(13)14/h3-6,9H,2H2,1H3. The molecule has 0 spiro atoms. The number of nitrogens with zero attached hydrogens (tertiary/aromatic N) is 2. The van der Waals surface area contributed by atoms with Crippen LogP contribution in [-0.4, -0.2) is 29.1 Å². The molecule has 1 atom stereocenters. The fraction of sp³-hybridized carbons (Fsp3) is 0.333. The van der Waals surface area contributed by atoms with Gasteiger partial charge in [-0.05, 0) is 6.92 Å². The van der Waals surface area contributed by atoms with Crippen molar-refractivity contribution in [1.29, 1.82) is 0 Å². The molecule has 86 valence electrons. The van der Waals surface area contributed by atoms with Gasteiger partial charge in [-0.3, -0.25) is 19.9 Å². The number of carbonyl (C=O) groups excluding carboxylic acids is 1. The van der Waals surface area contributed by atoms with Gasteiger partial charge in [0.1, 0.15) is 6.20 Å².